The van der Waals surface area contributed by atoms with Gasteiger partial charge in [-0.15, -0.1) is 0 Å². The quantitative estimate of drug-likeness (QED) is 0.756. The third kappa shape index (κ3) is 1.22. The fourth-order valence-electron chi connectivity index (χ4n) is 2.91. The van der Waals surface area contributed by atoms with E-state index in [2.05, 4.69) is 35.3 Å². The number of benzene rings is 1. The lowest BCUT2D eigenvalue weighted by Gasteiger charge is -1.93. The highest BCUT2D eigenvalue weighted by molar-refractivity contribution is 5.80. The van der Waals surface area contributed by atoms with Crippen LogP contribution in [-0.2, 0) is 0 Å². The van der Waals surface area contributed by atoms with E-state index < -0.39 is 0 Å². The second-order valence-electron chi connectivity index (χ2n) is 5.16. The average molecular weight is 197 g/mol. The Labute approximate surface area is 89.5 Å². The molecule has 2 fully saturated rings. The predicted molar refractivity (Wildman–Crippen MR) is 61.9 cm³/mol. The lowest BCUT2D eigenvalue weighted by molar-refractivity contribution is 0.686. The molecule has 4 rings (SSSR count). The van der Waals surface area contributed by atoms with Gasteiger partial charge in [-0.2, -0.15) is 0 Å². The minimum absolute atomic E-state index is 0.852. The van der Waals surface area contributed by atoms with Crippen molar-refractivity contribution < 1.29 is 0 Å². The molecule has 1 heterocycles. The highest BCUT2D eigenvalue weighted by atomic mass is 14.8. The molecule has 1 aromatic carbocycles. The van der Waals surface area contributed by atoms with Crippen molar-refractivity contribution in [1.82, 2.24) is 4.98 Å². The maximum Gasteiger partial charge on any atom is 0.0456 e. The number of H-pyrrole nitrogens is 1. The summed E-state index contributed by atoms with van der Waals surface area (Å²) < 4.78 is 0. The average Bonchev–Trinajstić information content (AvgIpc) is 3.11. The summed E-state index contributed by atoms with van der Waals surface area (Å²) >= 11 is 0. The summed E-state index contributed by atoms with van der Waals surface area (Å²) in [6.07, 6.45) is 4.40. The van der Waals surface area contributed by atoms with Crippen LogP contribution in [0.2, 0.25) is 0 Å². The highest BCUT2D eigenvalue weighted by Gasteiger charge is 2.48. The topological polar surface area (TPSA) is 15.8 Å². The molecule has 15 heavy (non-hydrogen) atoms. The third-order valence-corrected chi connectivity index (χ3v) is 4.02. The largest absolute Gasteiger partial charge is 0.358 e. The molecule has 2 unspecified atom stereocenters. The summed E-state index contributed by atoms with van der Waals surface area (Å²) in [5.74, 6) is 2.93. The standard InChI is InChI=1S/C14H15N/c1-2-4-13-10(3-1)7-14(15-13)12-8-11(12)9-5-6-9/h1-4,7,9,11-12,15H,5-6,8H2. The van der Waals surface area contributed by atoms with Crippen molar-refractivity contribution in [3.63, 3.8) is 0 Å². The van der Waals surface area contributed by atoms with E-state index in [0.29, 0.717) is 0 Å². The molecule has 2 aromatic rings. The molecule has 0 radical (unpaired) electrons. The van der Waals surface area contributed by atoms with E-state index in [9.17, 15) is 0 Å². The molecule has 0 aliphatic heterocycles. The number of fused-ring (bicyclic) bond motifs is 1. The number of aromatic nitrogens is 1. The van der Waals surface area contributed by atoms with Crippen molar-refractivity contribution >= 4 is 10.9 Å². The zero-order valence-electron chi connectivity index (χ0n) is 8.74. The van der Waals surface area contributed by atoms with Gasteiger partial charge in [-0.05, 0) is 48.6 Å². The maximum atomic E-state index is 3.57. The van der Waals surface area contributed by atoms with E-state index in [4.69, 9.17) is 0 Å². The number of para-hydroxylation sites is 1. The van der Waals surface area contributed by atoms with E-state index in [1.807, 2.05) is 0 Å². The van der Waals surface area contributed by atoms with Gasteiger partial charge in [-0.25, -0.2) is 0 Å². The van der Waals surface area contributed by atoms with Gasteiger partial charge in [0.2, 0.25) is 0 Å². The molecule has 2 aliphatic rings. The summed E-state index contributed by atoms with van der Waals surface area (Å²) in [5.41, 5.74) is 2.78. The maximum absolute atomic E-state index is 3.57. The van der Waals surface area contributed by atoms with Crippen LogP contribution < -0.4 is 0 Å². The predicted octanol–water partition coefficient (Wildman–Crippen LogP) is 3.68. The van der Waals surface area contributed by atoms with Crippen LogP contribution in [0.1, 0.15) is 30.9 Å². The first-order valence-electron chi connectivity index (χ1n) is 5.99. The first kappa shape index (κ1) is 7.98. The summed E-state index contributed by atoms with van der Waals surface area (Å²) in [4.78, 5) is 3.57. The third-order valence-electron chi connectivity index (χ3n) is 4.02. The molecule has 1 heteroatoms. The molecule has 0 bridgehead atoms. The normalized spacial score (nSPS) is 29.6. The van der Waals surface area contributed by atoms with Crippen molar-refractivity contribution in [3.05, 3.63) is 36.0 Å². The van der Waals surface area contributed by atoms with Crippen molar-refractivity contribution in [3.8, 4) is 0 Å². The molecule has 76 valence electrons. The Hall–Kier alpha value is -1.24. The van der Waals surface area contributed by atoms with Crippen LogP contribution in [0.3, 0.4) is 0 Å². The van der Waals surface area contributed by atoms with Crippen molar-refractivity contribution in [1.29, 1.82) is 0 Å². The second-order valence-corrected chi connectivity index (χ2v) is 5.16. The number of rotatable bonds is 2. The minimum Gasteiger partial charge on any atom is -0.358 e. The van der Waals surface area contributed by atoms with E-state index in [-0.39, 0.29) is 0 Å². The van der Waals surface area contributed by atoms with E-state index in [1.54, 1.807) is 0 Å². The molecule has 0 amide bonds. The fourth-order valence-corrected chi connectivity index (χ4v) is 2.91. The van der Waals surface area contributed by atoms with Gasteiger partial charge >= 0.3 is 0 Å². The Morgan fingerprint density at radius 3 is 2.80 bits per heavy atom. The highest BCUT2D eigenvalue weighted by Crippen LogP contribution is 2.59. The molecule has 0 spiro atoms. The molecule has 1 nitrogen and oxygen atoms in total. The van der Waals surface area contributed by atoms with Crippen molar-refractivity contribution in [2.45, 2.75) is 25.2 Å². The van der Waals surface area contributed by atoms with Gasteiger partial charge in [0.1, 0.15) is 0 Å². The molecule has 2 aliphatic carbocycles. The first-order chi connectivity index (χ1) is 7.42. The van der Waals surface area contributed by atoms with Crippen LogP contribution in [0, 0.1) is 11.8 Å². The zero-order valence-corrected chi connectivity index (χ0v) is 8.74. The van der Waals surface area contributed by atoms with Gasteiger partial charge in [-0.3, -0.25) is 0 Å². The summed E-state index contributed by atoms with van der Waals surface area (Å²) in [6.45, 7) is 0. The molecule has 2 atom stereocenters. The van der Waals surface area contributed by atoms with Crippen LogP contribution >= 0.6 is 0 Å². The van der Waals surface area contributed by atoms with Gasteiger partial charge in [-0.1, -0.05) is 18.2 Å². The van der Waals surface area contributed by atoms with Crippen LogP contribution in [-0.4, -0.2) is 4.98 Å². The summed E-state index contributed by atoms with van der Waals surface area (Å²) in [5, 5.41) is 1.37. The Morgan fingerprint density at radius 1 is 1.13 bits per heavy atom. The van der Waals surface area contributed by atoms with E-state index >= 15 is 0 Å². The second kappa shape index (κ2) is 2.66. The zero-order chi connectivity index (χ0) is 9.83. The van der Waals surface area contributed by atoms with E-state index in [0.717, 1.165) is 17.8 Å². The van der Waals surface area contributed by atoms with Gasteiger partial charge in [0.15, 0.2) is 0 Å². The van der Waals surface area contributed by atoms with Gasteiger partial charge < -0.3 is 4.98 Å². The molecule has 0 saturated heterocycles. The monoisotopic (exact) mass is 197 g/mol. The smallest absolute Gasteiger partial charge is 0.0456 e. The minimum atomic E-state index is 0.852. The summed E-state index contributed by atoms with van der Waals surface area (Å²) in [6, 6.07) is 10.9. The Balaban J connectivity index is 1.70. The van der Waals surface area contributed by atoms with Crippen molar-refractivity contribution in [2.75, 3.05) is 0 Å². The Kier molecular flexibility index (Phi) is 1.41. The molecular weight excluding hydrogens is 182 g/mol. The van der Waals surface area contributed by atoms with Crippen LogP contribution in [0.15, 0.2) is 30.3 Å². The first-order valence-corrected chi connectivity index (χ1v) is 5.99. The lowest BCUT2D eigenvalue weighted by atomic mass is 10.2. The Bertz CT molecular complexity index is 474. The van der Waals surface area contributed by atoms with Crippen LogP contribution in [0.5, 0.6) is 0 Å². The van der Waals surface area contributed by atoms with Crippen molar-refractivity contribution in [2.24, 2.45) is 11.8 Å². The lowest BCUT2D eigenvalue weighted by Crippen LogP contribution is -1.84. The van der Waals surface area contributed by atoms with Gasteiger partial charge in [0, 0.05) is 17.1 Å². The molecule has 1 aromatic heterocycles. The fraction of sp³-hybridized carbons (Fsp3) is 0.429. The number of hydrogen-bond acceptors (Lipinski definition) is 0. The van der Waals surface area contributed by atoms with Crippen LogP contribution in [0.4, 0.5) is 0 Å². The number of nitrogens with one attached hydrogen (secondary N) is 1. The molecule has 2 saturated carbocycles. The van der Waals surface area contributed by atoms with Crippen LogP contribution in [0.25, 0.3) is 10.9 Å². The van der Waals surface area contributed by atoms with E-state index in [1.165, 1.54) is 35.9 Å². The Morgan fingerprint density at radius 2 is 2.00 bits per heavy atom. The number of aromatic amines is 1. The molecule has 1 N–H and O–H groups in total. The van der Waals surface area contributed by atoms with Gasteiger partial charge in [0.25, 0.3) is 0 Å². The van der Waals surface area contributed by atoms with Gasteiger partial charge in [0.05, 0.1) is 0 Å². The number of hydrogen-bond donors (Lipinski definition) is 1. The molecular formula is C14H15N. The summed E-state index contributed by atoms with van der Waals surface area (Å²) in [7, 11) is 0. The SMILES string of the molecule is c1ccc2[nH]c(C3CC3C3CC3)cc2c1.